The van der Waals surface area contributed by atoms with Gasteiger partial charge in [0.05, 0.1) is 11.2 Å². The van der Waals surface area contributed by atoms with E-state index in [2.05, 4.69) is 5.10 Å². The number of anilines is 1. The van der Waals surface area contributed by atoms with E-state index >= 15 is 4.39 Å². The Kier molecular flexibility index (Phi) is 4.68. The van der Waals surface area contributed by atoms with E-state index in [0.29, 0.717) is 22.4 Å². The Morgan fingerprint density at radius 1 is 1.19 bits per heavy atom. The molecule has 1 aliphatic rings. The fourth-order valence-electron chi connectivity index (χ4n) is 3.08. The van der Waals surface area contributed by atoms with Crippen LogP contribution < -0.4 is 10.4 Å². The molecule has 0 aliphatic carbocycles. The molecule has 0 saturated carbocycles. The number of hydrogen-bond acceptors (Lipinski definition) is 4. The van der Waals surface area contributed by atoms with Crippen LogP contribution in [0, 0.1) is 12.7 Å². The normalized spacial score (nSPS) is 18.0. The van der Waals surface area contributed by atoms with Gasteiger partial charge in [-0.25, -0.2) is 4.39 Å². The van der Waals surface area contributed by atoms with E-state index in [1.165, 1.54) is 9.58 Å². The summed E-state index contributed by atoms with van der Waals surface area (Å²) in [5.74, 6) is -0.698. The first-order valence-electron chi connectivity index (χ1n) is 8.87. The van der Waals surface area contributed by atoms with Gasteiger partial charge in [0.15, 0.2) is 0 Å². The SMILES string of the molecule is Cc1c(N(C)C(=O)c2ccnn2C)ccc(B2OC(C)(C)C(C)(C)O2)c1F. The third-order valence-corrected chi connectivity index (χ3v) is 5.60. The average Bonchev–Trinajstić information content (AvgIpc) is 3.09. The first-order chi connectivity index (χ1) is 12.5. The van der Waals surface area contributed by atoms with E-state index in [0.717, 1.165) is 0 Å². The van der Waals surface area contributed by atoms with E-state index < -0.39 is 24.1 Å². The molecule has 2 aromatic rings. The van der Waals surface area contributed by atoms with Crippen LogP contribution in [0.1, 0.15) is 43.7 Å². The standard InChI is InChI=1S/C19H25BFN3O3/c1-12-14(23(6)17(25)15-10-11-22-24(15)7)9-8-13(16(12)21)20-26-18(2,3)19(4,5)27-20/h8-11H,1-7H3. The molecule has 1 aromatic heterocycles. The highest BCUT2D eigenvalue weighted by Gasteiger charge is 2.52. The van der Waals surface area contributed by atoms with Crippen molar-refractivity contribution in [1.82, 2.24) is 9.78 Å². The molecule has 2 heterocycles. The van der Waals surface area contributed by atoms with Crippen LogP contribution in [0.3, 0.4) is 0 Å². The van der Waals surface area contributed by atoms with Crippen molar-refractivity contribution < 1.29 is 18.5 Å². The Morgan fingerprint density at radius 2 is 1.78 bits per heavy atom. The van der Waals surface area contributed by atoms with Crippen molar-refractivity contribution in [3.63, 3.8) is 0 Å². The molecule has 8 heteroatoms. The van der Waals surface area contributed by atoms with Crippen LogP contribution >= 0.6 is 0 Å². The van der Waals surface area contributed by atoms with Gasteiger partial charge < -0.3 is 14.2 Å². The maximum atomic E-state index is 15.1. The number of amides is 1. The second kappa shape index (κ2) is 6.46. The van der Waals surface area contributed by atoms with Crippen molar-refractivity contribution in [3.8, 4) is 0 Å². The molecule has 0 unspecified atom stereocenters. The zero-order valence-corrected chi connectivity index (χ0v) is 16.8. The monoisotopic (exact) mass is 373 g/mol. The van der Waals surface area contributed by atoms with Gasteiger partial charge >= 0.3 is 7.12 Å². The van der Waals surface area contributed by atoms with Crippen LogP contribution in [0.15, 0.2) is 24.4 Å². The summed E-state index contributed by atoms with van der Waals surface area (Å²) in [7, 11) is 2.52. The molecule has 3 rings (SSSR count). The van der Waals surface area contributed by atoms with Crippen LogP contribution in [0.2, 0.25) is 0 Å². The molecular weight excluding hydrogens is 348 g/mol. The molecule has 1 saturated heterocycles. The summed E-state index contributed by atoms with van der Waals surface area (Å²) in [6.45, 7) is 9.34. The number of aryl methyl sites for hydroxylation is 1. The molecule has 0 N–H and O–H groups in total. The first-order valence-corrected chi connectivity index (χ1v) is 8.87. The van der Waals surface area contributed by atoms with Gasteiger partial charge in [0.25, 0.3) is 5.91 Å². The minimum absolute atomic E-state index is 0.263. The summed E-state index contributed by atoms with van der Waals surface area (Å²) in [5.41, 5.74) is 0.495. The molecule has 1 aromatic carbocycles. The van der Waals surface area contributed by atoms with Crippen molar-refractivity contribution in [1.29, 1.82) is 0 Å². The van der Waals surface area contributed by atoms with E-state index in [1.54, 1.807) is 45.4 Å². The summed E-state index contributed by atoms with van der Waals surface area (Å²) in [6.07, 6.45) is 1.55. The molecule has 6 nitrogen and oxygen atoms in total. The summed E-state index contributed by atoms with van der Waals surface area (Å²) in [5, 5.41) is 4.01. The lowest BCUT2D eigenvalue weighted by atomic mass is 9.77. The number of benzene rings is 1. The Bertz CT molecular complexity index is 878. The van der Waals surface area contributed by atoms with Crippen molar-refractivity contribution >= 4 is 24.2 Å². The topological polar surface area (TPSA) is 56.6 Å². The highest BCUT2D eigenvalue weighted by Crippen LogP contribution is 2.37. The van der Waals surface area contributed by atoms with Gasteiger partial charge in [0.1, 0.15) is 11.5 Å². The molecule has 1 amide bonds. The predicted molar refractivity (Wildman–Crippen MR) is 103 cm³/mol. The average molecular weight is 373 g/mol. The van der Waals surface area contributed by atoms with Gasteiger partial charge in [0, 0.05) is 37.0 Å². The fraction of sp³-hybridized carbons (Fsp3) is 0.474. The Morgan fingerprint density at radius 3 is 2.30 bits per heavy atom. The minimum Gasteiger partial charge on any atom is -0.399 e. The van der Waals surface area contributed by atoms with Gasteiger partial charge in [-0.1, -0.05) is 6.07 Å². The van der Waals surface area contributed by atoms with E-state index in [1.807, 2.05) is 27.7 Å². The van der Waals surface area contributed by atoms with Crippen molar-refractivity contribution in [2.45, 2.75) is 45.8 Å². The number of aromatic nitrogens is 2. The molecule has 144 valence electrons. The zero-order chi connectivity index (χ0) is 20.1. The third kappa shape index (κ3) is 3.17. The van der Waals surface area contributed by atoms with Crippen LogP contribution in [0.25, 0.3) is 0 Å². The summed E-state index contributed by atoms with van der Waals surface area (Å²) < 4.78 is 28.5. The molecule has 0 bridgehead atoms. The largest absolute Gasteiger partial charge is 0.497 e. The van der Waals surface area contributed by atoms with E-state index in [9.17, 15) is 4.79 Å². The van der Waals surface area contributed by atoms with Gasteiger partial charge in [-0.15, -0.1) is 0 Å². The highest BCUT2D eigenvalue weighted by atomic mass is 19.1. The lowest BCUT2D eigenvalue weighted by molar-refractivity contribution is 0.00578. The summed E-state index contributed by atoms with van der Waals surface area (Å²) in [6, 6.07) is 4.96. The van der Waals surface area contributed by atoms with Crippen molar-refractivity contribution in [2.75, 3.05) is 11.9 Å². The van der Waals surface area contributed by atoms with E-state index in [-0.39, 0.29) is 5.91 Å². The summed E-state index contributed by atoms with van der Waals surface area (Å²) >= 11 is 0. The van der Waals surface area contributed by atoms with Crippen molar-refractivity contribution in [2.24, 2.45) is 7.05 Å². The molecule has 1 fully saturated rings. The molecule has 1 aliphatic heterocycles. The highest BCUT2D eigenvalue weighted by molar-refractivity contribution is 6.62. The number of rotatable bonds is 3. The second-order valence-electron chi connectivity index (χ2n) is 7.91. The number of nitrogens with zero attached hydrogens (tertiary/aromatic N) is 3. The lowest BCUT2D eigenvalue weighted by Crippen LogP contribution is -2.41. The zero-order valence-electron chi connectivity index (χ0n) is 16.8. The van der Waals surface area contributed by atoms with Crippen LogP contribution in [-0.2, 0) is 16.4 Å². The van der Waals surface area contributed by atoms with Gasteiger partial charge in [-0.05, 0) is 46.8 Å². The number of carbonyl (C=O) groups is 1. The van der Waals surface area contributed by atoms with Crippen molar-refractivity contribution in [3.05, 3.63) is 41.5 Å². The van der Waals surface area contributed by atoms with Crippen LogP contribution in [-0.4, -0.2) is 41.1 Å². The third-order valence-electron chi connectivity index (χ3n) is 5.60. The molecule has 27 heavy (non-hydrogen) atoms. The Balaban J connectivity index is 1.92. The van der Waals surface area contributed by atoms with Gasteiger partial charge in [-0.3, -0.25) is 9.48 Å². The molecular formula is C19H25BFN3O3. The van der Waals surface area contributed by atoms with Crippen LogP contribution in [0.5, 0.6) is 0 Å². The second-order valence-corrected chi connectivity index (χ2v) is 7.91. The summed E-state index contributed by atoms with van der Waals surface area (Å²) in [4.78, 5) is 14.1. The molecule has 0 atom stereocenters. The lowest BCUT2D eigenvalue weighted by Gasteiger charge is -2.32. The Hall–Kier alpha value is -2.19. The Labute approximate surface area is 159 Å². The minimum atomic E-state index is -0.791. The number of hydrogen-bond donors (Lipinski definition) is 0. The van der Waals surface area contributed by atoms with Crippen LogP contribution in [0.4, 0.5) is 10.1 Å². The maximum absolute atomic E-state index is 15.1. The first kappa shape index (κ1) is 19.6. The molecule has 0 spiro atoms. The fourth-order valence-corrected chi connectivity index (χ4v) is 3.08. The maximum Gasteiger partial charge on any atom is 0.497 e. The van der Waals surface area contributed by atoms with Gasteiger partial charge in [-0.2, -0.15) is 5.10 Å². The number of carbonyl (C=O) groups excluding carboxylic acids is 1. The van der Waals surface area contributed by atoms with Gasteiger partial charge in [0.2, 0.25) is 0 Å². The molecule has 0 radical (unpaired) electrons. The smallest absolute Gasteiger partial charge is 0.399 e. The predicted octanol–water partition coefficient (Wildman–Crippen LogP) is 2.44. The quantitative estimate of drug-likeness (QED) is 0.776. The van der Waals surface area contributed by atoms with E-state index in [4.69, 9.17) is 9.31 Å². The number of halogens is 1.